The number of hydrogen-bond donors (Lipinski definition) is 1. The number of rotatable bonds is 3. The molecule has 4 nitrogen and oxygen atoms in total. The van der Waals surface area contributed by atoms with E-state index >= 15 is 0 Å². The Hall–Kier alpha value is -2.60. The molecule has 0 aliphatic heterocycles. The first kappa shape index (κ1) is 17.7. The quantitative estimate of drug-likeness (QED) is 0.848. The van der Waals surface area contributed by atoms with Crippen LogP contribution in [-0.4, -0.2) is 8.42 Å². The van der Waals surface area contributed by atoms with Crippen molar-refractivity contribution in [3.8, 4) is 6.07 Å². The number of halogens is 4. The Morgan fingerprint density at radius 3 is 2.17 bits per heavy atom. The maximum atomic E-state index is 14.1. The van der Waals surface area contributed by atoms with Gasteiger partial charge in [-0.2, -0.15) is 18.4 Å². The van der Waals surface area contributed by atoms with Gasteiger partial charge in [0.1, 0.15) is 11.8 Å². The molecule has 0 heterocycles. The fraction of sp³-hybridized carbons (Fsp3) is 0.133. The summed E-state index contributed by atoms with van der Waals surface area (Å²) in [7, 11) is -4.36. The highest BCUT2D eigenvalue weighted by atomic mass is 32.2. The number of hydrogen-bond acceptors (Lipinski definition) is 3. The predicted molar refractivity (Wildman–Crippen MR) is 78.1 cm³/mol. The van der Waals surface area contributed by atoms with Crippen LogP contribution in [-0.2, 0) is 16.2 Å². The number of sulfonamides is 1. The average Bonchev–Trinajstić information content (AvgIpc) is 2.48. The minimum atomic E-state index is -5.03. The second kappa shape index (κ2) is 6.13. The molecular formula is C15H10F4N2O2S. The molecule has 0 atom stereocenters. The molecule has 0 aliphatic rings. The normalized spacial score (nSPS) is 11.8. The molecule has 0 saturated carbocycles. The minimum Gasteiger partial charge on any atom is -0.275 e. The van der Waals surface area contributed by atoms with Gasteiger partial charge in [-0.15, -0.1) is 0 Å². The molecule has 2 aromatic carbocycles. The summed E-state index contributed by atoms with van der Waals surface area (Å²) in [4.78, 5) is -0.270. The van der Waals surface area contributed by atoms with Crippen LogP contribution in [0.1, 0.15) is 16.7 Å². The van der Waals surface area contributed by atoms with E-state index in [1.54, 1.807) is 11.6 Å². The van der Waals surface area contributed by atoms with Crippen LogP contribution in [0, 0.1) is 24.1 Å². The first-order valence-electron chi connectivity index (χ1n) is 6.45. The number of nitrogens with one attached hydrogen (secondary N) is 1. The van der Waals surface area contributed by atoms with Crippen molar-refractivity contribution in [3.05, 3.63) is 58.9 Å². The first-order chi connectivity index (χ1) is 11.1. The third kappa shape index (κ3) is 3.49. The standard InChI is InChI=1S/C15H10F4N2O2S/c1-9-2-5-11(6-3-9)24(22,23)21-14-10(8-20)4-7-12(13(14)16)15(17,18)19/h2-7,21H,1H3. The number of nitriles is 1. The van der Waals surface area contributed by atoms with Crippen molar-refractivity contribution < 1.29 is 26.0 Å². The highest BCUT2D eigenvalue weighted by Crippen LogP contribution is 2.36. The number of nitrogens with zero attached hydrogens (tertiary/aromatic N) is 1. The molecule has 0 spiro atoms. The summed E-state index contributed by atoms with van der Waals surface area (Å²) in [5.74, 6) is -1.85. The van der Waals surface area contributed by atoms with Gasteiger partial charge in [0.2, 0.25) is 0 Å². The molecule has 0 aromatic heterocycles. The zero-order valence-corrected chi connectivity index (χ0v) is 13.0. The van der Waals surface area contributed by atoms with E-state index in [2.05, 4.69) is 0 Å². The highest BCUT2D eigenvalue weighted by Gasteiger charge is 2.36. The Kier molecular flexibility index (Phi) is 4.53. The molecule has 0 amide bonds. The van der Waals surface area contributed by atoms with Crippen molar-refractivity contribution in [3.63, 3.8) is 0 Å². The molecule has 1 N–H and O–H groups in total. The summed E-state index contributed by atoms with van der Waals surface area (Å²) in [5, 5.41) is 8.91. The van der Waals surface area contributed by atoms with Crippen molar-refractivity contribution in [1.29, 1.82) is 5.26 Å². The van der Waals surface area contributed by atoms with Gasteiger partial charge < -0.3 is 0 Å². The van der Waals surface area contributed by atoms with E-state index in [1.165, 1.54) is 30.3 Å². The molecule has 0 radical (unpaired) electrons. The van der Waals surface area contributed by atoms with Gasteiger partial charge >= 0.3 is 6.18 Å². The lowest BCUT2D eigenvalue weighted by Crippen LogP contribution is -2.17. The van der Waals surface area contributed by atoms with E-state index in [0.29, 0.717) is 12.1 Å². The Morgan fingerprint density at radius 2 is 1.67 bits per heavy atom. The van der Waals surface area contributed by atoms with E-state index in [1.807, 2.05) is 0 Å². The van der Waals surface area contributed by atoms with Crippen molar-refractivity contribution in [2.24, 2.45) is 0 Å². The summed E-state index contributed by atoms with van der Waals surface area (Å²) in [6.07, 6.45) is -5.03. The molecular weight excluding hydrogens is 348 g/mol. The van der Waals surface area contributed by atoms with Gasteiger partial charge in [0.15, 0.2) is 5.82 Å². The highest BCUT2D eigenvalue weighted by molar-refractivity contribution is 7.92. The smallest absolute Gasteiger partial charge is 0.275 e. The Bertz CT molecular complexity index is 914. The monoisotopic (exact) mass is 358 g/mol. The first-order valence-corrected chi connectivity index (χ1v) is 7.94. The molecule has 126 valence electrons. The zero-order valence-electron chi connectivity index (χ0n) is 12.1. The van der Waals surface area contributed by atoms with Gasteiger partial charge in [0.25, 0.3) is 10.0 Å². The van der Waals surface area contributed by atoms with Crippen LogP contribution in [0.5, 0.6) is 0 Å². The van der Waals surface area contributed by atoms with E-state index in [0.717, 1.165) is 5.56 Å². The second-order valence-corrected chi connectivity index (χ2v) is 6.56. The number of alkyl halides is 3. The molecule has 24 heavy (non-hydrogen) atoms. The van der Waals surface area contributed by atoms with E-state index in [9.17, 15) is 26.0 Å². The van der Waals surface area contributed by atoms with Gasteiger partial charge in [0.05, 0.1) is 16.0 Å². The van der Waals surface area contributed by atoms with Crippen LogP contribution in [0.15, 0.2) is 41.3 Å². The van der Waals surface area contributed by atoms with Crippen molar-refractivity contribution in [2.45, 2.75) is 18.0 Å². The summed E-state index contributed by atoms with van der Waals surface area (Å²) >= 11 is 0. The summed E-state index contributed by atoms with van der Waals surface area (Å²) < 4.78 is 78.6. The maximum absolute atomic E-state index is 14.1. The zero-order chi connectivity index (χ0) is 18.1. The van der Waals surface area contributed by atoms with Crippen molar-refractivity contribution in [2.75, 3.05) is 4.72 Å². The fourth-order valence-corrected chi connectivity index (χ4v) is 2.98. The largest absolute Gasteiger partial charge is 0.419 e. The maximum Gasteiger partial charge on any atom is 0.419 e. The SMILES string of the molecule is Cc1ccc(S(=O)(=O)Nc2c(C#N)ccc(C(F)(F)F)c2F)cc1. The van der Waals surface area contributed by atoms with Crippen molar-refractivity contribution >= 4 is 15.7 Å². The Morgan fingerprint density at radius 1 is 1.08 bits per heavy atom. The Balaban J connectivity index is 2.56. The van der Waals surface area contributed by atoms with Gasteiger partial charge in [-0.25, -0.2) is 12.8 Å². The molecule has 0 aliphatic carbocycles. The lowest BCUT2D eigenvalue weighted by molar-refractivity contribution is -0.139. The molecule has 0 unspecified atom stereocenters. The lowest BCUT2D eigenvalue weighted by atomic mass is 10.1. The predicted octanol–water partition coefficient (Wildman–Crippen LogP) is 3.83. The molecule has 9 heteroatoms. The third-order valence-electron chi connectivity index (χ3n) is 3.14. The van der Waals surface area contributed by atoms with Crippen LogP contribution in [0.2, 0.25) is 0 Å². The van der Waals surface area contributed by atoms with Crippen LogP contribution in [0.3, 0.4) is 0 Å². The molecule has 0 saturated heterocycles. The molecule has 0 bridgehead atoms. The molecule has 0 fully saturated rings. The van der Waals surface area contributed by atoms with Crippen LogP contribution in [0.25, 0.3) is 0 Å². The molecule has 2 rings (SSSR count). The van der Waals surface area contributed by atoms with Gasteiger partial charge in [0, 0.05) is 0 Å². The fourth-order valence-electron chi connectivity index (χ4n) is 1.90. The summed E-state index contributed by atoms with van der Waals surface area (Å²) in [5.41, 5.74) is -2.50. The van der Waals surface area contributed by atoms with Gasteiger partial charge in [-0.3, -0.25) is 4.72 Å². The Labute approximate surface area is 135 Å². The van der Waals surface area contributed by atoms with E-state index in [4.69, 9.17) is 5.26 Å². The van der Waals surface area contributed by atoms with Gasteiger partial charge in [-0.05, 0) is 31.2 Å². The van der Waals surface area contributed by atoms with Gasteiger partial charge in [-0.1, -0.05) is 17.7 Å². The third-order valence-corrected chi connectivity index (χ3v) is 4.50. The number of benzene rings is 2. The summed E-state index contributed by atoms with van der Waals surface area (Å²) in [6, 6.07) is 7.94. The van der Waals surface area contributed by atoms with Crippen LogP contribution in [0.4, 0.5) is 23.2 Å². The van der Waals surface area contributed by atoms with Crippen LogP contribution < -0.4 is 4.72 Å². The lowest BCUT2D eigenvalue weighted by Gasteiger charge is -2.14. The summed E-state index contributed by atoms with van der Waals surface area (Å²) in [6.45, 7) is 1.71. The minimum absolute atomic E-state index is 0.270. The molecule has 2 aromatic rings. The van der Waals surface area contributed by atoms with Crippen LogP contribution >= 0.6 is 0 Å². The van der Waals surface area contributed by atoms with E-state index < -0.39 is 38.8 Å². The number of anilines is 1. The van der Waals surface area contributed by atoms with Crippen molar-refractivity contribution in [1.82, 2.24) is 0 Å². The average molecular weight is 358 g/mol. The second-order valence-electron chi connectivity index (χ2n) is 4.88. The van der Waals surface area contributed by atoms with E-state index in [-0.39, 0.29) is 4.90 Å². The number of aryl methyl sites for hydroxylation is 1. The topological polar surface area (TPSA) is 70.0 Å².